The van der Waals surface area contributed by atoms with Crippen LogP contribution < -0.4 is 10.1 Å². The monoisotopic (exact) mass is 459 g/mol. The van der Waals surface area contributed by atoms with Crippen molar-refractivity contribution in [3.05, 3.63) is 35.2 Å². The van der Waals surface area contributed by atoms with E-state index < -0.39 is 20.7 Å². The highest BCUT2D eigenvalue weighted by Crippen LogP contribution is 2.32. The maximum absolute atomic E-state index is 13.0. The number of anilines is 1. The first-order valence-corrected chi connectivity index (χ1v) is 11.3. The summed E-state index contributed by atoms with van der Waals surface area (Å²) in [6.07, 6.45) is 0.856. The SMILES string of the molecule is CCCOc1ccc(S(=O)(=O)Cl)cc1C(=O)Nc1c(C(O)(O)CC)nn(C)c1C=O. The van der Waals surface area contributed by atoms with Crippen LogP contribution in [0.5, 0.6) is 5.75 Å². The van der Waals surface area contributed by atoms with Crippen LogP contribution in [0.2, 0.25) is 0 Å². The van der Waals surface area contributed by atoms with Gasteiger partial charge in [-0.2, -0.15) is 5.10 Å². The molecule has 1 aromatic heterocycles. The van der Waals surface area contributed by atoms with Crippen molar-refractivity contribution in [2.24, 2.45) is 7.05 Å². The molecule has 0 aliphatic heterocycles. The van der Waals surface area contributed by atoms with Crippen LogP contribution in [0, 0.1) is 0 Å². The van der Waals surface area contributed by atoms with E-state index in [-0.39, 0.29) is 46.3 Å². The van der Waals surface area contributed by atoms with Crippen LogP contribution in [0.3, 0.4) is 0 Å². The van der Waals surface area contributed by atoms with Crippen LogP contribution in [0.1, 0.15) is 53.2 Å². The number of aromatic nitrogens is 2. The van der Waals surface area contributed by atoms with E-state index in [1.807, 2.05) is 6.92 Å². The predicted molar refractivity (Wildman–Crippen MR) is 108 cm³/mol. The smallest absolute Gasteiger partial charge is 0.261 e. The quantitative estimate of drug-likeness (QED) is 0.292. The highest BCUT2D eigenvalue weighted by Gasteiger charge is 2.34. The zero-order valence-corrected chi connectivity index (χ0v) is 18.1. The molecule has 164 valence electrons. The Morgan fingerprint density at radius 1 is 1.37 bits per heavy atom. The molecule has 0 spiro atoms. The highest BCUT2D eigenvalue weighted by atomic mass is 35.7. The molecule has 1 aromatic carbocycles. The second-order valence-electron chi connectivity index (χ2n) is 6.42. The Bertz CT molecular complexity index is 1060. The second kappa shape index (κ2) is 9.13. The van der Waals surface area contributed by atoms with Crippen molar-refractivity contribution >= 4 is 37.6 Å². The van der Waals surface area contributed by atoms with Gasteiger partial charge in [-0.05, 0) is 24.6 Å². The summed E-state index contributed by atoms with van der Waals surface area (Å²) in [7, 11) is 2.65. The number of aliphatic hydroxyl groups is 2. The summed E-state index contributed by atoms with van der Waals surface area (Å²) >= 11 is 0. The third-order valence-electron chi connectivity index (χ3n) is 4.25. The molecule has 0 saturated carbocycles. The van der Waals surface area contributed by atoms with Gasteiger partial charge in [0.25, 0.3) is 15.0 Å². The predicted octanol–water partition coefficient (Wildman–Crippen LogP) is 1.75. The molecule has 1 amide bonds. The highest BCUT2D eigenvalue weighted by molar-refractivity contribution is 8.13. The largest absolute Gasteiger partial charge is 0.493 e. The Balaban J connectivity index is 2.58. The Kier molecular flexibility index (Phi) is 7.24. The van der Waals surface area contributed by atoms with Crippen molar-refractivity contribution in [1.29, 1.82) is 0 Å². The van der Waals surface area contributed by atoms with Crippen molar-refractivity contribution in [3.63, 3.8) is 0 Å². The van der Waals surface area contributed by atoms with E-state index in [1.165, 1.54) is 26.1 Å². The van der Waals surface area contributed by atoms with Gasteiger partial charge < -0.3 is 20.3 Å². The van der Waals surface area contributed by atoms with Crippen molar-refractivity contribution in [1.82, 2.24) is 9.78 Å². The lowest BCUT2D eigenvalue weighted by Gasteiger charge is -2.19. The van der Waals surface area contributed by atoms with Crippen LogP contribution in [-0.2, 0) is 21.9 Å². The normalized spacial score (nSPS) is 11.9. The maximum atomic E-state index is 13.0. The summed E-state index contributed by atoms with van der Waals surface area (Å²) in [4.78, 5) is 24.1. The lowest BCUT2D eigenvalue weighted by Crippen LogP contribution is -2.27. The number of hydrogen-bond acceptors (Lipinski definition) is 8. The summed E-state index contributed by atoms with van der Waals surface area (Å²) in [5, 5.41) is 26.7. The van der Waals surface area contributed by atoms with E-state index >= 15 is 0 Å². The molecule has 1 heterocycles. The third kappa shape index (κ3) is 4.98. The number of nitrogens with zero attached hydrogens (tertiary/aromatic N) is 2. The van der Waals surface area contributed by atoms with E-state index in [2.05, 4.69) is 10.4 Å². The van der Waals surface area contributed by atoms with E-state index in [0.717, 1.165) is 10.7 Å². The zero-order valence-electron chi connectivity index (χ0n) is 16.5. The van der Waals surface area contributed by atoms with Crippen molar-refractivity contribution in [2.75, 3.05) is 11.9 Å². The second-order valence-corrected chi connectivity index (χ2v) is 8.98. The standard InChI is InChI=1S/C18H22ClN3O7S/c1-4-8-29-14-7-6-11(30(19,27)28)9-12(14)17(24)20-15-13(10-23)22(3)21-16(15)18(25,26)5-2/h6-7,9-10,25-26H,4-5,8H2,1-3H3,(H,20,24). The molecule has 2 rings (SSSR count). The Morgan fingerprint density at radius 2 is 2.03 bits per heavy atom. The number of amides is 1. The van der Waals surface area contributed by atoms with Crippen molar-refractivity contribution < 1.29 is 33.0 Å². The van der Waals surface area contributed by atoms with Gasteiger partial charge in [0.2, 0.25) is 5.79 Å². The molecule has 3 N–H and O–H groups in total. The molecule has 0 aliphatic carbocycles. The number of carbonyl (C=O) groups excluding carboxylic acids is 2. The van der Waals surface area contributed by atoms with Crippen LogP contribution in [0.15, 0.2) is 23.1 Å². The van der Waals surface area contributed by atoms with Gasteiger partial charge in [0.15, 0.2) is 6.29 Å². The third-order valence-corrected chi connectivity index (χ3v) is 5.60. The van der Waals surface area contributed by atoms with E-state index in [0.29, 0.717) is 12.7 Å². The summed E-state index contributed by atoms with van der Waals surface area (Å²) in [5.41, 5.74) is -0.837. The van der Waals surface area contributed by atoms with Crippen LogP contribution in [-0.4, -0.2) is 47.2 Å². The Hall–Kier alpha value is -2.47. The first kappa shape index (κ1) is 23.8. The van der Waals surface area contributed by atoms with Crippen molar-refractivity contribution in [3.8, 4) is 5.75 Å². The first-order valence-electron chi connectivity index (χ1n) is 8.96. The van der Waals surface area contributed by atoms with Gasteiger partial charge in [-0.15, -0.1) is 0 Å². The number of hydrogen-bond donors (Lipinski definition) is 3. The molecule has 0 radical (unpaired) electrons. The number of halogens is 1. The Morgan fingerprint density at radius 3 is 2.57 bits per heavy atom. The average molecular weight is 460 g/mol. The van der Waals surface area contributed by atoms with Gasteiger partial charge in [0.05, 0.1) is 22.8 Å². The molecular weight excluding hydrogens is 438 g/mol. The zero-order chi connectivity index (χ0) is 22.7. The van der Waals surface area contributed by atoms with Gasteiger partial charge in [-0.25, -0.2) is 8.42 Å². The van der Waals surface area contributed by atoms with Crippen LogP contribution in [0.25, 0.3) is 0 Å². The molecule has 0 aliphatic rings. The Labute approximate surface area is 177 Å². The van der Waals surface area contributed by atoms with Crippen molar-refractivity contribution in [2.45, 2.75) is 37.4 Å². The number of aldehydes is 1. The van der Waals surface area contributed by atoms with Gasteiger partial charge >= 0.3 is 0 Å². The number of benzene rings is 1. The first-order chi connectivity index (χ1) is 14.0. The minimum atomic E-state index is -4.13. The molecule has 30 heavy (non-hydrogen) atoms. The van der Waals surface area contributed by atoms with Crippen LogP contribution >= 0.6 is 10.7 Å². The number of carbonyl (C=O) groups is 2. The fourth-order valence-corrected chi connectivity index (χ4v) is 3.38. The van der Waals surface area contributed by atoms with E-state index in [9.17, 15) is 28.2 Å². The topological polar surface area (TPSA) is 148 Å². The van der Waals surface area contributed by atoms with Gasteiger partial charge in [0, 0.05) is 24.2 Å². The van der Waals surface area contributed by atoms with Gasteiger partial charge in [-0.1, -0.05) is 13.8 Å². The minimum absolute atomic E-state index is 0.0891. The van der Waals surface area contributed by atoms with Gasteiger partial charge in [0.1, 0.15) is 17.1 Å². The van der Waals surface area contributed by atoms with E-state index in [4.69, 9.17) is 15.4 Å². The molecule has 0 fully saturated rings. The summed E-state index contributed by atoms with van der Waals surface area (Å²) in [6, 6.07) is 3.52. The van der Waals surface area contributed by atoms with Gasteiger partial charge in [-0.3, -0.25) is 14.3 Å². The molecule has 0 atom stereocenters. The number of rotatable bonds is 9. The van der Waals surface area contributed by atoms with E-state index in [1.54, 1.807) is 0 Å². The lowest BCUT2D eigenvalue weighted by molar-refractivity contribution is -0.173. The van der Waals surface area contributed by atoms with Crippen LogP contribution in [0.4, 0.5) is 5.69 Å². The number of aryl methyl sites for hydroxylation is 1. The number of ether oxygens (including phenoxy) is 1. The fourth-order valence-electron chi connectivity index (χ4n) is 2.60. The molecule has 0 saturated heterocycles. The fraction of sp³-hybridized carbons (Fsp3) is 0.389. The maximum Gasteiger partial charge on any atom is 0.261 e. The lowest BCUT2D eigenvalue weighted by atomic mass is 10.1. The molecule has 12 heteroatoms. The summed E-state index contributed by atoms with van der Waals surface area (Å²) in [5.74, 6) is -3.18. The summed E-state index contributed by atoms with van der Waals surface area (Å²) in [6.45, 7) is 3.59. The number of nitrogens with one attached hydrogen (secondary N) is 1. The molecule has 0 bridgehead atoms. The molecular formula is C18H22ClN3O7S. The molecule has 10 nitrogen and oxygen atoms in total. The average Bonchev–Trinajstić information content (AvgIpc) is 3.01. The minimum Gasteiger partial charge on any atom is -0.493 e. The summed E-state index contributed by atoms with van der Waals surface area (Å²) < 4.78 is 30.0. The molecule has 0 unspecified atom stereocenters. The molecule has 2 aromatic rings.